The van der Waals surface area contributed by atoms with Gasteiger partial charge in [0, 0.05) is 12.6 Å². The lowest BCUT2D eigenvalue weighted by Crippen LogP contribution is -2.38. The molecule has 1 aromatic rings. The maximum atomic E-state index is 13.3. The molecule has 6 heteroatoms. The average Bonchev–Trinajstić information content (AvgIpc) is 2.37. The zero-order chi connectivity index (χ0) is 15.3. The Morgan fingerprint density at radius 2 is 2.05 bits per heavy atom. The quantitative estimate of drug-likeness (QED) is 0.868. The third kappa shape index (κ3) is 3.94. The number of ether oxygens (including phenoxy) is 1. The van der Waals surface area contributed by atoms with Gasteiger partial charge in [-0.1, -0.05) is 0 Å². The highest BCUT2D eigenvalue weighted by Gasteiger charge is 2.23. The highest BCUT2D eigenvalue weighted by Crippen LogP contribution is 2.22. The molecule has 1 amide bonds. The number of nitrogens with zero attached hydrogens (tertiary/aromatic N) is 1. The van der Waals surface area contributed by atoms with Crippen molar-refractivity contribution >= 4 is 11.9 Å². The summed E-state index contributed by atoms with van der Waals surface area (Å²) in [6.07, 6.45) is -0.165. The van der Waals surface area contributed by atoms with Gasteiger partial charge in [-0.3, -0.25) is 9.59 Å². The van der Waals surface area contributed by atoms with Crippen LogP contribution in [0.3, 0.4) is 0 Å². The van der Waals surface area contributed by atoms with Crippen molar-refractivity contribution in [1.29, 1.82) is 0 Å². The zero-order valence-corrected chi connectivity index (χ0v) is 11.7. The van der Waals surface area contributed by atoms with E-state index in [0.29, 0.717) is 0 Å². The van der Waals surface area contributed by atoms with Crippen LogP contribution in [-0.2, 0) is 4.79 Å². The van der Waals surface area contributed by atoms with Crippen LogP contribution in [0, 0.1) is 5.82 Å². The normalized spacial score (nSPS) is 10.4. The maximum absolute atomic E-state index is 13.3. The van der Waals surface area contributed by atoms with Gasteiger partial charge in [0.25, 0.3) is 5.91 Å². The number of rotatable bonds is 6. The van der Waals surface area contributed by atoms with Crippen molar-refractivity contribution in [3.05, 3.63) is 29.6 Å². The number of aliphatic carboxylic acids is 1. The van der Waals surface area contributed by atoms with Crippen molar-refractivity contribution in [3.63, 3.8) is 0 Å². The lowest BCUT2D eigenvalue weighted by atomic mass is 10.1. The fourth-order valence-corrected chi connectivity index (χ4v) is 1.81. The molecule has 5 nitrogen and oxygen atoms in total. The molecule has 0 bridgehead atoms. The topological polar surface area (TPSA) is 66.8 Å². The third-order valence-electron chi connectivity index (χ3n) is 2.84. The second-order valence-electron chi connectivity index (χ2n) is 4.58. The van der Waals surface area contributed by atoms with Crippen LogP contribution in [0.2, 0.25) is 0 Å². The fraction of sp³-hybridized carbons (Fsp3) is 0.429. The summed E-state index contributed by atoms with van der Waals surface area (Å²) in [5.74, 6) is -1.72. The van der Waals surface area contributed by atoms with E-state index in [9.17, 15) is 14.0 Å². The van der Waals surface area contributed by atoms with Crippen LogP contribution in [-0.4, -0.2) is 41.6 Å². The van der Waals surface area contributed by atoms with E-state index in [1.165, 1.54) is 24.1 Å². The number of hydrogen-bond acceptors (Lipinski definition) is 3. The summed E-state index contributed by atoms with van der Waals surface area (Å²) in [6, 6.07) is 3.47. The summed E-state index contributed by atoms with van der Waals surface area (Å²) in [5.41, 5.74) is 0.0894. The van der Waals surface area contributed by atoms with Crippen LogP contribution < -0.4 is 4.74 Å². The number of amides is 1. The van der Waals surface area contributed by atoms with Crippen molar-refractivity contribution in [2.24, 2.45) is 0 Å². The van der Waals surface area contributed by atoms with E-state index in [4.69, 9.17) is 9.84 Å². The van der Waals surface area contributed by atoms with Crippen molar-refractivity contribution in [1.82, 2.24) is 4.90 Å². The van der Waals surface area contributed by atoms with E-state index in [0.717, 1.165) is 6.07 Å². The Kier molecular flexibility index (Phi) is 5.49. The third-order valence-corrected chi connectivity index (χ3v) is 2.84. The number of carbonyl (C=O) groups is 2. The Morgan fingerprint density at radius 1 is 1.40 bits per heavy atom. The standard InChI is InChI=1S/C14H18FNO4/c1-9(2)16(7-6-13(17)18)14(19)11-8-10(15)4-5-12(11)20-3/h4-5,8-9H,6-7H2,1-3H3,(H,17,18). The molecular weight excluding hydrogens is 265 g/mol. The molecule has 0 radical (unpaired) electrons. The van der Waals surface area contributed by atoms with Gasteiger partial charge < -0.3 is 14.7 Å². The average molecular weight is 283 g/mol. The van der Waals surface area contributed by atoms with E-state index in [1.54, 1.807) is 13.8 Å². The Hall–Kier alpha value is -2.11. The Morgan fingerprint density at radius 3 is 2.55 bits per heavy atom. The van der Waals surface area contributed by atoms with Crippen LogP contribution in [0.5, 0.6) is 5.75 Å². The van der Waals surface area contributed by atoms with Gasteiger partial charge in [-0.25, -0.2) is 4.39 Å². The predicted molar refractivity (Wildman–Crippen MR) is 71.4 cm³/mol. The minimum absolute atomic E-state index is 0.0610. The summed E-state index contributed by atoms with van der Waals surface area (Å²) in [6.45, 7) is 3.60. The van der Waals surface area contributed by atoms with Crippen molar-refractivity contribution < 1.29 is 23.8 Å². The Balaban J connectivity index is 3.05. The zero-order valence-electron chi connectivity index (χ0n) is 11.7. The van der Waals surface area contributed by atoms with Gasteiger partial charge in [0.15, 0.2) is 0 Å². The molecule has 0 aromatic heterocycles. The molecule has 0 saturated heterocycles. The van der Waals surface area contributed by atoms with Gasteiger partial charge >= 0.3 is 5.97 Å². The molecule has 0 atom stereocenters. The van der Waals surface area contributed by atoms with Crippen LogP contribution in [0.25, 0.3) is 0 Å². The van der Waals surface area contributed by atoms with Gasteiger partial charge in [-0.2, -0.15) is 0 Å². The van der Waals surface area contributed by atoms with Crippen LogP contribution in [0.1, 0.15) is 30.6 Å². The number of methoxy groups -OCH3 is 1. The predicted octanol–water partition coefficient (Wildman–Crippen LogP) is 2.16. The highest BCUT2D eigenvalue weighted by molar-refractivity contribution is 5.97. The van der Waals surface area contributed by atoms with Gasteiger partial charge in [0.2, 0.25) is 0 Å². The molecule has 20 heavy (non-hydrogen) atoms. The van der Waals surface area contributed by atoms with Gasteiger partial charge in [0.05, 0.1) is 19.1 Å². The largest absolute Gasteiger partial charge is 0.496 e. The molecule has 0 aliphatic heterocycles. The smallest absolute Gasteiger partial charge is 0.305 e. The number of carboxylic acid groups (broad SMARTS) is 1. The molecule has 110 valence electrons. The van der Waals surface area contributed by atoms with E-state index in [-0.39, 0.29) is 30.3 Å². The van der Waals surface area contributed by atoms with E-state index in [1.807, 2.05) is 0 Å². The maximum Gasteiger partial charge on any atom is 0.305 e. The molecule has 1 rings (SSSR count). The Bertz CT molecular complexity index is 502. The minimum Gasteiger partial charge on any atom is -0.496 e. The minimum atomic E-state index is -0.991. The van der Waals surface area contributed by atoms with Crippen molar-refractivity contribution in [2.75, 3.05) is 13.7 Å². The molecule has 0 spiro atoms. The second kappa shape index (κ2) is 6.88. The number of benzene rings is 1. The number of carboxylic acids is 1. The molecule has 1 N–H and O–H groups in total. The summed E-state index contributed by atoms with van der Waals surface area (Å²) in [7, 11) is 1.39. The second-order valence-corrected chi connectivity index (χ2v) is 4.58. The summed E-state index contributed by atoms with van der Waals surface area (Å²) < 4.78 is 18.3. The van der Waals surface area contributed by atoms with E-state index >= 15 is 0 Å². The monoisotopic (exact) mass is 283 g/mol. The van der Waals surface area contributed by atoms with Gasteiger partial charge in [-0.15, -0.1) is 0 Å². The first kappa shape index (κ1) is 15.9. The molecule has 0 fully saturated rings. The Labute approximate surface area is 117 Å². The lowest BCUT2D eigenvalue weighted by Gasteiger charge is -2.26. The number of halogens is 1. The molecular formula is C14H18FNO4. The van der Waals surface area contributed by atoms with Gasteiger partial charge in [0.1, 0.15) is 11.6 Å². The molecule has 0 saturated carbocycles. The molecule has 0 aliphatic carbocycles. The van der Waals surface area contributed by atoms with Gasteiger partial charge in [-0.05, 0) is 32.0 Å². The molecule has 0 aliphatic rings. The summed E-state index contributed by atoms with van der Waals surface area (Å²) in [5, 5.41) is 8.72. The first-order chi connectivity index (χ1) is 9.36. The first-order valence-corrected chi connectivity index (χ1v) is 6.23. The van der Waals surface area contributed by atoms with E-state index in [2.05, 4.69) is 0 Å². The van der Waals surface area contributed by atoms with Crippen molar-refractivity contribution in [3.8, 4) is 5.75 Å². The van der Waals surface area contributed by atoms with Crippen molar-refractivity contribution in [2.45, 2.75) is 26.3 Å². The highest BCUT2D eigenvalue weighted by atomic mass is 19.1. The molecule has 1 aromatic carbocycles. The van der Waals surface area contributed by atoms with Crippen LogP contribution in [0.15, 0.2) is 18.2 Å². The SMILES string of the molecule is COc1ccc(F)cc1C(=O)N(CCC(=O)O)C(C)C. The fourth-order valence-electron chi connectivity index (χ4n) is 1.81. The first-order valence-electron chi connectivity index (χ1n) is 6.23. The van der Waals surface area contributed by atoms with Crippen LogP contribution in [0.4, 0.5) is 4.39 Å². The molecule has 0 heterocycles. The number of hydrogen-bond donors (Lipinski definition) is 1. The lowest BCUT2D eigenvalue weighted by molar-refractivity contribution is -0.137. The van der Waals surface area contributed by atoms with Crippen LogP contribution >= 0.6 is 0 Å². The molecule has 0 unspecified atom stereocenters. The summed E-state index contributed by atoms with van der Waals surface area (Å²) in [4.78, 5) is 24.4. The van der Waals surface area contributed by atoms with E-state index < -0.39 is 17.7 Å². The summed E-state index contributed by atoms with van der Waals surface area (Å²) >= 11 is 0. The number of carbonyl (C=O) groups excluding carboxylic acids is 1.